The first-order valence-electron chi connectivity index (χ1n) is 8.58. The zero-order valence-electron chi connectivity index (χ0n) is 15.8. The maximum Gasteiger partial charge on any atom is 0.278 e. The molecule has 6 nitrogen and oxygen atoms in total. The average Bonchev–Trinajstić information content (AvgIpc) is 3.00. The molecule has 0 unspecified atom stereocenters. The molecule has 3 rings (SSSR count). The van der Waals surface area contributed by atoms with Crippen LogP contribution >= 0.6 is 0 Å². The minimum Gasteiger partial charge on any atom is -0.497 e. The van der Waals surface area contributed by atoms with Crippen molar-refractivity contribution in [2.24, 2.45) is 0 Å². The van der Waals surface area contributed by atoms with E-state index in [1.54, 1.807) is 26.2 Å². The molecule has 0 saturated carbocycles. The van der Waals surface area contributed by atoms with Gasteiger partial charge in [0.2, 0.25) is 0 Å². The Morgan fingerprint density at radius 1 is 1.04 bits per heavy atom. The van der Waals surface area contributed by atoms with E-state index in [9.17, 15) is 4.79 Å². The summed E-state index contributed by atoms with van der Waals surface area (Å²) in [6.45, 7) is 5.90. The molecule has 0 spiro atoms. The van der Waals surface area contributed by atoms with E-state index in [2.05, 4.69) is 10.5 Å². The second-order valence-corrected chi connectivity index (χ2v) is 6.36. The smallest absolute Gasteiger partial charge is 0.278 e. The van der Waals surface area contributed by atoms with Crippen LogP contribution in [-0.2, 0) is 6.61 Å². The van der Waals surface area contributed by atoms with Crippen LogP contribution in [0.25, 0.3) is 0 Å². The number of nitrogens with one attached hydrogen (secondary N) is 1. The summed E-state index contributed by atoms with van der Waals surface area (Å²) in [7, 11) is 1.61. The number of aromatic nitrogens is 1. The van der Waals surface area contributed by atoms with Crippen LogP contribution in [0.2, 0.25) is 0 Å². The third-order valence-electron chi connectivity index (χ3n) is 4.12. The Bertz CT molecular complexity index is 925. The van der Waals surface area contributed by atoms with Gasteiger partial charge in [-0.1, -0.05) is 11.2 Å². The van der Waals surface area contributed by atoms with E-state index in [1.165, 1.54) is 0 Å². The highest BCUT2D eigenvalue weighted by Gasteiger charge is 2.20. The van der Waals surface area contributed by atoms with Crippen molar-refractivity contribution in [2.75, 3.05) is 12.4 Å². The Kier molecular flexibility index (Phi) is 5.45. The highest BCUT2D eigenvalue weighted by atomic mass is 16.5. The number of methoxy groups -OCH3 is 1. The summed E-state index contributed by atoms with van der Waals surface area (Å²) in [6.07, 6.45) is 0. The van der Waals surface area contributed by atoms with E-state index in [0.29, 0.717) is 17.1 Å². The molecule has 0 aliphatic rings. The molecule has 0 bridgehead atoms. The molecule has 1 N–H and O–H groups in total. The Morgan fingerprint density at radius 3 is 2.30 bits per heavy atom. The first-order valence-corrected chi connectivity index (χ1v) is 8.58. The summed E-state index contributed by atoms with van der Waals surface area (Å²) < 4.78 is 16.1. The minimum atomic E-state index is -0.329. The fourth-order valence-corrected chi connectivity index (χ4v) is 2.80. The molecule has 2 aromatic carbocycles. The van der Waals surface area contributed by atoms with Gasteiger partial charge in [-0.25, -0.2) is 0 Å². The SMILES string of the molecule is COc1ccc(OCc2c(C(=O)Nc3cc(C)cc(C)c3)noc2C)cc1. The molecular weight excluding hydrogens is 344 g/mol. The molecular formula is C21H22N2O4. The summed E-state index contributed by atoms with van der Waals surface area (Å²) in [5, 5.41) is 6.78. The number of carbonyl (C=O) groups is 1. The molecule has 1 amide bonds. The zero-order valence-corrected chi connectivity index (χ0v) is 15.8. The summed E-state index contributed by atoms with van der Waals surface area (Å²) in [6, 6.07) is 13.1. The number of nitrogens with zero attached hydrogens (tertiary/aromatic N) is 1. The number of hydrogen-bond donors (Lipinski definition) is 1. The lowest BCUT2D eigenvalue weighted by Crippen LogP contribution is -2.15. The predicted octanol–water partition coefficient (Wildman–Crippen LogP) is 4.44. The predicted molar refractivity (Wildman–Crippen MR) is 102 cm³/mol. The number of hydrogen-bond acceptors (Lipinski definition) is 5. The zero-order chi connectivity index (χ0) is 19.4. The average molecular weight is 366 g/mol. The van der Waals surface area contributed by atoms with E-state index >= 15 is 0 Å². The molecule has 6 heteroatoms. The minimum absolute atomic E-state index is 0.178. The molecule has 0 aliphatic carbocycles. The Morgan fingerprint density at radius 2 is 1.67 bits per heavy atom. The number of ether oxygens (including phenoxy) is 2. The normalized spacial score (nSPS) is 10.5. The molecule has 1 heterocycles. The lowest BCUT2D eigenvalue weighted by molar-refractivity contribution is 0.101. The van der Waals surface area contributed by atoms with E-state index in [4.69, 9.17) is 14.0 Å². The van der Waals surface area contributed by atoms with Crippen LogP contribution in [0.15, 0.2) is 47.0 Å². The third-order valence-corrected chi connectivity index (χ3v) is 4.12. The Balaban J connectivity index is 1.73. The third kappa shape index (κ3) is 4.47. The Hall–Kier alpha value is -3.28. The summed E-state index contributed by atoms with van der Waals surface area (Å²) in [5.41, 5.74) is 3.71. The highest BCUT2D eigenvalue weighted by molar-refractivity contribution is 6.04. The van der Waals surface area contributed by atoms with Crippen molar-refractivity contribution in [1.82, 2.24) is 5.16 Å². The molecule has 0 radical (unpaired) electrons. The van der Waals surface area contributed by atoms with Gasteiger partial charge in [-0.05, 0) is 68.3 Å². The fraction of sp³-hybridized carbons (Fsp3) is 0.238. The first kappa shape index (κ1) is 18.5. The topological polar surface area (TPSA) is 73.6 Å². The van der Waals surface area contributed by atoms with Gasteiger partial charge in [-0.15, -0.1) is 0 Å². The molecule has 0 atom stereocenters. The van der Waals surface area contributed by atoms with Gasteiger partial charge >= 0.3 is 0 Å². The van der Waals surface area contributed by atoms with Crippen molar-refractivity contribution in [1.29, 1.82) is 0 Å². The van der Waals surface area contributed by atoms with Crippen LogP contribution < -0.4 is 14.8 Å². The maximum absolute atomic E-state index is 12.7. The summed E-state index contributed by atoms with van der Waals surface area (Å²) in [5.74, 6) is 1.63. The van der Waals surface area contributed by atoms with Crippen molar-refractivity contribution >= 4 is 11.6 Å². The van der Waals surface area contributed by atoms with Gasteiger partial charge < -0.3 is 19.3 Å². The van der Waals surface area contributed by atoms with Crippen molar-refractivity contribution in [3.05, 3.63) is 70.6 Å². The van der Waals surface area contributed by atoms with Crippen molar-refractivity contribution in [3.63, 3.8) is 0 Å². The summed E-state index contributed by atoms with van der Waals surface area (Å²) >= 11 is 0. The number of anilines is 1. The summed E-state index contributed by atoms with van der Waals surface area (Å²) in [4.78, 5) is 12.7. The maximum atomic E-state index is 12.7. The van der Waals surface area contributed by atoms with Crippen LogP contribution in [0.5, 0.6) is 11.5 Å². The molecule has 0 fully saturated rings. The number of amides is 1. The lowest BCUT2D eigenvalue weighted by Gasteiger charge is -2.09. The molecule has 27 heavy (non-hydrogen) atoms. The van der Waals surface area contributed by atoms with Crippen molar-refractivity contribution in [3.8, 4) is 11.5 Å². The van der Waals surface area contributed by atoms with Crippen LogP contribution in [0, 0.1) is 20.8 Å². The van der Waals surface area contributed by atoms with E-state index in [0.717, 1.165) is 22.6 Å². The number of rotatable bonds is 6. The number of carbonyl (C=O) groups excluding carboxylic acids is 1. The Labute approximate surface area is 158 Å². The van der Waals surface area contributed by atoms with E-state index in [-0.39, 0.29) is 18.2 Å². The largest absolute Gasteiger partial charge is 0.497 e. The number of aryl methyl sites for hydroxylation is 3. The van der Waals surface area contributed by atoms with Crippen LogP contribution in [0.4, 0.5) is 5.69 Å². The van der Waals surface area contributed by atoms with Gasteiger partial charge in [0.15, 0.2) is 5.69 Å². The van der Waals surface area contributed by atoms with Crippen LogP contribution in [-0.4, -0.2) is 18.2 Å². The van der Waals surface area contributed by atoms with Crippen molar-refractivity contribution in [2.45, 2.75) is 27.4 Å². The highest BCUT2D eigenvalue weighted by Crippen LogP contribution is 2.22. The molecule has 3 aromatic rings. The van der Waals surface area contributed by atoms with Gasteiger partial charge in [0, 0.05) is 5.69 Å². The van der Waals surface area contributed by atoms with Crippen LogP contribution in [0.1, 0.15) is 32.9 Å². The van der Waals surface area contributed by atoms with Gasteiger partial charge in [0.25, 0.3) is 5.91 Å². The molecule has 1 aromatic heterocycles. The van der Waals surface area contributed by atoms with Crippen LogP contribution in [0.3, 0.4) is 0 Å². The first-order chi connectivity index (χ1) is 13.0. The fourth-order valence-electron chi connectivity index (χ4n) is 2.80. The second kappa shape index (κ2) is 7.95. The molecule has 0 aliphatic heterocycles. The lowest BCUT2D eigenvalue weighted by atomic mass is 10.1. The molecule has 0 saturated heterocycles. The molecule has 140 valence electrons. The van der Waals surface area contributed by atoms with Crippen molar-refractivity contribution < 1.29 is 18.8 Å². The van der Waals surface area contributed by atoms with Gasteiger partial charge in [0.05, 0.1) is 12.7 Å². The van der Waals surface area contributed by atoms with Gasteiger partial charge in [-0.2, -0.15) is 0 Å². The quantitative estimate of drug-likeness (QED) is 0.698. The van der Waals surface area contributed by atoms with E-state index in [1.807, 2.05) is 44.2 Å². The van der Waals surface area contributed by atoms with Gasteiger partial charge in [-0.3, -0.25) is 4.79 Å². The standard InChI is InChI=1S/C21H22N2O4/c1-13-9-14(2)11-16(10-13)22-21(24)20-19(15(3)27-23-20)12-26-18-7-5-17(25-4)6-8-18/h5-11H,12H2,1-4H3,(H,22,24). The van der Waals surface area contributed by atoms with Gasteiger partial charge in [0.1, 0.15) is 23.9 Å². The number of benzene rings is 2. The van der Waals surface area contributed by atoms with E-state index < -0.39 is 0 Å². The second-order valence-electron chi connectivity index (χ2n) is 6.36. The monoisotopic (exact) mass is 366 g/mol.